The van der Waals surface area contributed by atoms with Crippen LogP contribution >= 0.6 is 0 Å². The van der Waals surface area contributed by atoms with Gasteiger partial charge in [-0.2, -0.15) is 0 Å². The normalized spacial score (nSPS) is 12.1. The van der Waals surface area contributed by atoms with E-state index in [0.717, 1.165) is 11.1 Å². The van der Waals surface area contributed by atoms with Gasteiger partial charge in [0.1, 0.15) is 18.2 Å². The third-order valence-electron chi connectivity index (χ3n) is 5.44. The van der Waals surface area contributed by atoms with Gasteiger partial charge in [-0.05, 0) is 46.5 Å². The van der Waals surface area contributed by atoms with Crippen molar-refractivity contribution in [3.63, 3.8) is 0 Å². The molecule has 2 aromatic carbocycles. The van der Waals surface area contributed by atoms with Crippen LogP contribution in [0.25, 0.3) is 22.5 Å². The van der Waals surface area contributed by atoms with E-state index in [1.54, 1.807) is 18.2 Å². The number of benzene rings is 2. The number of nitrogens with one attached hydrogen (secondary N) is 1. The first kappa shape index (κ1) is 19.6. The zero-order valence-corrected chi connectivity index (χ0v) is 16.8. The Labute approximate surface area is 183 Å². The van der Waals surface area contributed by atoms with Crippen LogP contribution in [0.15, 0.2) is 83.4 Å². The average molecular weight is 426 g/mol. The lowest BCUT2D eigenvalue weighted by Crippen LogP contribution is -2.18. The quantitative estimate of drug-likeness (QED) is 0.443. The van der Waals surface area contributed by atoms with Crippen LogP contribution < -0.4 is 5.32 Å². The lowest BCUT2D eigenvalue weighted by molar-refractivity contribution is 0.0663. The number of hydrogen-bond donors (Lipinski definition) is 2. The van der Waals surface area contributed by atoms with Crippen molar-refractivity contribution in [2.24, 2.45) is 0 Å². The third-order valence-corrected chi connectivity index (χ3v) is 5.44. The van der Waals surface area contributed by atoms with Crippen molar-refractivity contribution >= 4 is 17.9 Å². The number of furan rings is 1. The standard InChI is InChI=1S/C25H18N2O5/c28-24(29)22-11-10-21(32-22)15-9-12-23(26-13-15)27-25(30)31-14-20-18-7-3-1-5-16(18)17-6-2-4-8-19(17)20/h1-13,20H,14H2,(H,28,29)(H,26,27,30). The molecule has 1 aliphatic rings. The molecular formula is C25H18N2O5. The van der Waals surface area contributed by atoms with Crippen molar-refractivity contribution in [3.8, 4) is 22.5 Å². The molecule has 5 rings (SSSR count). The minimum atomic E-state index is -1.14. The number of aromatic carboxylic acids is 1. The number of rotatable bonds is 5. The van der Waals surface area contributed by atoms with Crippen LogP contribution in [-0.2, 0) is 4.74 Å². The molecule has 0 spiro atoms. The Kier molecular flexibility index (Phi) is 4.91. The largest absolute Gasteiger partial charge is 0.475 e. The SMILES string of the molecule is O=C(Nc1ccc(-c2ccc(C(=O)O)o2)cn1)OCC1c2ccccc2-c2ccccc21. The highest BCUT2D eigenvalue weighted by atomic mass is 16.5. The minimum absolute atomic E-state index is 0.0223. The Hall–Kier alpha value is -4.39. The van der Waals surface area contributed by atoms with Crippen LogP contribution in [0, 0.1) is 0 Å². The van der Waals surface area contributed by atoms with Crippen LogP contribution in [0.4, 0.5) is 10.6 Å². The summed E-state index contributed by atoms with van der Waals surface area (Å²) in [4.78, 5) is 27.5. The molecule has 1 aliphatic carbocycles. The van der Waals surface area contributed by atoms with Crippen LogP contribution in [0.3, 0.4) is 0 Å². The molecule has 4 aromatic rings. The van der Waals surface area contributed by atoms with Gasteiger partial charge in [-0.25, -0.2) is 14.6 Å². The summed E-state index contributed by atoms with van der Waals surface area (Å²) < 4.78 is 10.8. The molecule has 1 amide bonds. The van der Waals surface area contributed by atoms with E-state index in [1.807, 2.05) is 24.3 Å². The summed E-state index contributed by atoms with van der Waals surface area (Å²) in [7, 11) is 0. The second-order valence-corrected chi connectivity index (χ2v) is 7.35. The zero-order chi connectivity index (χ0) is 22.1. The lowest BCUT2D eigenvalue weighted by atomic mass is 9.98. The van der Waals surface area contributed by atoms with Gasteiger partial charge in [-0.3, -0.25) is 5.32 Å². The second kappa shape index (κ2) is 8.03. The number of ether oxygens (including phenoxy) is 1. The fourth-order valence-electron chi connectivity index (χ4n) is 3.96. The monoisotopic (exact) mass is 426 g/mol. The van der Waals surface area contributed by atoms with Crippen molar-refractivity contribution in [3.05, 3.63) is 95.9 Å². The fourth-order valence-corrected chi connectivity index (χ4v) is 3.96. The van der Waals surface area contributed by atoms with Crippen molar-refractivity contribution in [2.45, 2.75) is 5.92 Å². The highest BCUT2D eigenvalue weighted by Gasteiger charge is 2.29. The molecule has 0 bridgehead atoms. The Bertz CT molecular complexity index is 1260. The van der Waals surface area contributed by atoms with Gasteiger partial charge in [0, 0.05) is 17.7 Å². The summed E-state index contributed by atoms with van der Waals surface area (Å²) in [6.07, 6.45) is 0.891. The number of hydrogen-bond acceptors (Lipinski definition) is 5. The first-order chi connectivity index (χ1) is 15.6. The number of nitrogens with zero attached hydrogens (tertiary/aromatic N) is 1. The first-order valence-corrected chi connectivity index (χ1v) is 10.0. The van der Waals surface area contributed by atoms with Gasteiger partial charge in [-0.15, -0.1) is 0 Å². The highest BCUT2D eigenvalue weighted by molar-refractivity contribution is 5.86. The van der Waals surface area contributed by atoms with Crippen molar-refractivity contribution < 1.29 is 23.8 Å². The molecule has 32 heavy (non-hydrogen) atoms. The Morgan fingerprint density at radius 2 is 1.62 bits per heavy atom. The number of anilines is 1. The number of pyridine rings is 1. The van der Waals surface area contributed by atoms with Gasteiger partial charge in [0.05, 0.1) is 0 Å². The maximum atomic E-state index is 12.4. The minimum Gasteiger partial charge on any atom is -0.475 e. The maximum Gasteiger partial charge on any atom is 0.412 e. The number of amides is 1. The Morgan fingerprint density at radius 1 is 0.938 bits per heavy atom. The van der Waals surface area contributed by atoms with Gasteiger partial charge in [0.2, 0.25) is 5.76 Å². The molecule has 2 N–H and O–H groups in total. The van der Waals surface area contributed by atoms with Gasteiger partial charge in [-0.1, -0.05) is 48.5 Å². The number of carbonyl (C=O) groups is 2. The van der Waals surface area contributed by atoms with E-state index >= 15 is 0 Å². The van der Waals surface area contributed by atoms with E-state index in [2.05, 4.69) is 34.6 Å². The maximum absolute atomic E-state index is 12.4. The summed E-state index contributed by atoms with van der Waals surface area (Å²) in [5, 5.41) is 11.6. The molecule has 0 fully saturated rings. The van der Waals surface area contributed by atoms with Crippen molar-refractivity contribution in [1.82, 2.24) is 4.98 Å². The molecule has 0 radical (unpaired) electrons. The molecule has 2 heterocycles. The van der Waals surface area contributed by atoms with E-state index in [1.165, 1.54) is 23.4 Å². The number of carboxylic acids is 1. The van der Waals surface area contributed by atoms with Crippen molar-refractivity contribution in [1.29, 1.82) is 0 Å². The van der Waals surface area contributed by atoms with E-state index in [4.69, 9.17) is 14.3 Å². The average Bonchev–Trinajstić information content (AvgIpc) is 3.42. The smallest absolute Gasteiger partial charge is 0.412 e. The van der Waals surface area contributed by atoms with Crippen LogP contribution in [0.5, 0.6) is 0 Å². The number of aromatic nitrogens is 1. The zero-order valence-electron chi connectivity index (χ0n) is 16.8. The van der Waals surface area contributed by atoms with E-state index in [-0.39, 0.29) is 18.3 Å². The van der Waals surface area contributed by atoms with Gasteiger partial charge in [0.15, 0.2) is 0 Å². The van der Waals surface area contributed by atoms with Crippen LogP contribution in [-0.4, -0.2) is 28.8 Å². The Balaban J connectivity index is 1.24. The molecule has 7 heteroatoms. The van der Waals surface area contributed by atoms with Crippen molar-refractivity contribution in [2.75, 3.05) is 11.9 Å². The molecule has 0 saturated carbocycles. The molecule has 0 saturated heterocycles. The second-order valence-electron chi connectivity index (χ2n) is 7.35. The van der Waals surface area contributed by atoms with Crippen LogP contribution in [0.1, 0.15) is 27.6 Å². The summed E-state index contributed by atoms with van der Waals surface area (Å²) >= 11 is 0. The summed E-state index contributed by atoms with van der Waals surface area (Å²) in [5.41, 5.74) is 5.21. The predicted octanol–water partition coefficient (Wildman–Crippen LogP) is 5.40. The van der Waals surface area contributed by atoms with Crippen LogP contribution in [0.2, 0.25) is 0 Å². The van der Waals surface area contributed by atoms with Gasteiger partial charge in [0.25, 0.3) is 0 Å². The number of carbonyl (C=O) groups excluding carboxylic acids is 1. The molecule has 0 aliphatic heterocycles. The first-order valence-electron chi connectivity index (χ1n) is 10.0. The van der Waals surface area contributed by atoms with E-state index < -0.39 is 12.1 Å². The number of carboxylic acid groups (broad SMARTS) is 1. The summed E-state index contributed by atoms with van der Waals surface area (Å²) in [6.45, 7) is 0.211. The fraction of sp³-hybridized carbons (Fsp3) is 0.0800. The van der Waals surface area contributed by atoms with E-state index in [9.17, 15) is 9.59 Å². The molecule has 7 nitrogen and oxygen atoms in total. The van der Waals surface area contributed by atoms with Gasteiger partial charge >= 0.3 is 12.1 Å². The van der Waals surface area contributed by atoms with Gasteiger partial charge < -0.3 is 14.3 Å². The Morgan fingerprint density at radius 3 is 2.22 bits per heavy atom. The third kappa shape index (κ3) is 3.60. The lowest BCUT2D eigenvalue weighted by Gasteiger charge is -2.14. The molecule has 0 atom stereocenters. The molecule has 0 unspecified atom stereocenters. The summed E-state index contributed by atoms with van der Waals surface area (Å²) in [6, 6.07) is 22.5. The van der Waals surface area contributed by atoms with E-state index in [0.29, 0.717) is 17.1 Å². The topological polar surface area (TPSA) is 102 Å². The predicted molar refractivity (Wildman–Crippen MR) is 118 cm³/mol. The molecule has 158 valence electrons. The summed E-state index contributed by atoms with van der Waals surface area (Å²) in [5.74, 6) is -0.622. The molecular weight excluding hydrogens is 408 g/mol. The number of fused-ring (bicyclic) bond motifs is 3. The molecule has 2 aromatic heterocycles. The highest BCUT2D eigenvalue weighted by Crippen LogP contribution is 2.44.